The molecule has 0 fully saturated rings. The van der Waals surface area contributed by atoms with Crippen LogP contribution in [0.1, 0.15) is 11.1 Å². The number of rotatable bonds is 4. The van der Waals surface area contributed by atoms with Gasteiger partial charge in [-0.2, -0.15) is 0 Å². The molecule has 0 saturated heterocycles. The molecule has 0 aliphatic rings. The van der Waals surface area contributed by atoms with Gasteiger partial charge in [0.05, 0.1) is 0 Å². The summed E-state index contributed by atoms with van der Waals surface area (Å²) >= 11 is 0. The molecule has 0 aromatic heterocycles. The summed E-state index contributed by atoms with van der Waals surface area (Å²) in [6.07, 6.45) is 2.48. The molecule has 0 atom stereocenters. The normalized spacial score (nSPS) is 10.9. The summed E-state index contributed by atoms with van der Waals surface area (Å²) in [6.45, 7) is 1.81. The van der Waals surface area contributed by atoms with Gasteiger partial charge in [-0.3, -0.25) is 15.6 Å². The Kier molecular flexibility index (Phi) is 5.18. The van der Waals surface area contributed by atoms with Gasteiger partial charge >= 0.3 is 0 Å². The van der Waals surface area contributed by atoms with Crippen molar-refractivity contribution < 1.29 is 26.7 Å². The van der Waals surface area contributed by atoms with Crippen molar-refractivity contribution in [1.82, 2.24) is 5.43 Å². The van der Waals surface area contributed by atoms with Crippen molar-refractivity contribution in [3.8, 4) is 0 Å². The van der Waals surface area contributed by atoms with Crippen LogP contribution in [0.15, 0.2) is 30.3 Å². The van der Waals surface area contributed by atoms with E-state index < -0.39 is 40.7 Å². The number of nitrogens with one attached hydrogen (secondary N) is 2. The summed E-state index contributed by atoms with van der Waals surface area (Å²) < 4.78 is 65.7. The summed E-state index contributed by atoms with van der Waals surface area (Å²) in [4.78, 5) is 11.6. The standard InChI is InChI=1S/C16H11F5N2O/c1-8-4-2-3-5-9(8)6-7-10(24)22-23-16-14(20)12(18)11(17)13(19)15(16)21/h2-7,23H,1H3,(H,22,24)/b7-6+. The van der Waals surface area contributed by atoms with E-state index in [0.717, 1.165) is 17.2 Å². The predicted octanol–water partition coefficient (Wildman–Crippen LogP) is 3.85. The number of hydrogen-bond donors (Lipinski definition) is 2. The topological polar surface area (TPSA) is 41.1 Å². The van der Waals surface area contributed by atoms with Crippen molar-refractivity contribution in [3.63, 3.8) is 0 Å². The van der Waals surface area contributed by atoms with Gasteiger partial charge < -0.3 is 0 Å². The minimum absolute atomic E-state index is 0.726. The number of benzene rings is 2. The molecule has 2 rings (SSSR count). The molecule has 0 bridgehead atoms. The minimum Gasteiger partial charge on any atom is -0.293 e. The lowest BCUT2D eigenvalue weighted by Crippen LogP contribution is -2.29. The van der Waals surface area contributed by atoms with Gasteiger partial charge in [0.2, 0.25) is 5.82 Å². The molecule has 0 unspecified atom stereocenters. The zero-order valence-corrected chi connectivity index (χ0v) is 12.3. The van der Waals surface area contributed by atoms with E-state index in [1.165, 1.54) is 6.08 Å². The summed E-state index contributed by atoms with van der Waals surface area (Å²) in [7, 11) is 0. The molecule has 0 radical (unpaired) electrons. The fourth-order valence-electron chi connectivity index (χ4n) is 1.82. The second-order valence-corrected chi connectivity index (χ2v) is 4.75. The molecule has 0 saturated carbocycles. The molecule has 0 aliphatic heterocycles. The third-order valence-electron chi connectivity index (χ3n) is 3.12. The fourth-order valence-corrected chi connectivity index (χ4v) is 1.82. The summed E-state index contributed by atoms with van der Waals surface area (Å²) in [6, 6.07) is 7.09. The molecule has 2 aromatic rings. The average molecular weight is 342 g/mol. The van der Waals surface area contributed by atoms with E-state index in [4.69, 9.17) is 0 Å². The van der Waals surface area contributed by atoms with E-state index in [1.54, 1.807) is 23.6 Å². The second kappa shape index (κ2) is 7.12. The lowest BCUT2D eigenvalue weighted by Gasteiger charge is -2.10. The Hall–Kier alpha value is -2.90. The monoisotopic (exact) mass is 342 g/mol. The zero-order valence-electron chi connectivity index (χ0n) is 12.3. The van der Waals surface area contributed by atoms with Gasteiger partial charge in [-0.15, -0.1) is 0 Å². The Morgan fingerprint density at radius 3 is 2.04 bits per heavy atom. The number of carbonyl (C=O) groups is 1. The highest BCUT2D eigenvalue weighted by molar-refractivity contribution is 5.92. The maximum Gasteiger partial charge on any atom is 0.262 e. The van der Waals surface area contributed by atoms with E-state index in [0.29, 0.717) is 0 Å². The summed E-state index contributed by atoms with van der Waals surface area (Å²) in [5.74, 6) is -11.5. The smallest absolute Gasteiger partial charge is 0.262 e. The molecule has 0 heterocycles. The SMILES string of the molecule is Cc1ccccc1/C=C/C(=O)NNc1c(F)c(F)c(F)c(F)c1F. The van der Waals surface area contributed by atoms with Gasteiger partial charge in [0.25, 0.3) is 5.91 Å². The van der Waals surface area contributed by atoms with Crippen molar-refractivity contribution in [2.45, 2.75) is 6.92 Å². The van der Waals surface area contributed by atoms with Crippen LogP contribution in [0.4, 0.5) is 27.6 Å². The Morgan fingerprint density at radius 1 is 0.917 bits per heavy atom. The first-order chi connectivity index (χ1) is 11.3. The number of hydrogen-bond acceptors (Lipinski definition) is 2. The summed E-state index contributed by atoms with van der Waals surface area (Å²) in [5, 5.41) is 0. The first-order valence-electron chi connectivity index (χ1n) is 6.64. The lowest BCUT2D eigenvalue weighted by molar-refractivity contribution is -0.116. The molecule has 24 heavy (non-hydrogen) atoms. The van der Waals surface area contributed by atoms with Crippen molar-refractivity contribution in [2.75, 3.05) is 5.43 Å². The van der Waals surface area contributed by atoms with Gasteiger partial charge in [-0.1, -0.05) is 24.3 Å². The molecule has 2 aromatic carbocycles. The largest absolute Gasteiger partial charge is 0.293 e. The van der Waals surface area contributed by atoms with Crippen LogP contribution in [0.25, 0.3) is 6.08 Å². The molecule has 2 N–H and O–H groups in total. The van der Waals surface area contributed by atoms with Gasteiger partial charge in [-0.25, -0.2) is 22.0 Å². The number of amides is 1. The van der Waals surface area contributed by atoms with Crippen LogP contribution in [0.5, 0.6) is 0 Å². The Balaban J connectivity index is 2.12. The van der Waals surface area contributed by atoms with Crippen LogP contribution in [0.2, 0.25) is 0 Å². The van der Waals surface area contributed by atoms with Crippen LogP contribution >= 0.6 is 0 Å². The van der Waals surface area contributed by atoms with Gasteiger partial charge in [0.15, 0.2) is 23.3 Å². The fraction of sp³-hybridized carbons (Fsp3) is 0.0625. The highest BCUT2D eigenvalue weighted by Gasteiger charge is 2.25. The molecular formula is C16H11F5N2O. The second-order valence-electron chi connectivity index (χ2n) is 4.75. The molecule has 8 heteroatoms. The highest BCUT2D eigenvalue weighted by Crippen LogP contribution is 2.26. The molecule has 3 nitrogen and oxygen atoms in total. The third-order valence-corrected chi connectivity index (χ3v) is 3.12. The van der Waals surface area contributed by atoms with E-state index in [1.807, 2.05) is 18.4 Å². The van der Waals surface area contributed by atoms with Crippen LogP contribution in [-0.4, -0.2) is 5.91 Å². The van der Waals surface area contributed by atoms with Crippen LogP contribution in [-0.2, 0) is 4.79 Å². The summed E-state index contributed by atoms with van der Waals surface area (Å²) in [5.41, 5.74) is 3.79. The maximum absolute atomic E-state index is 13.4. The first kappa shape index (κ1) is 17.5. The van der Waals surface area contributed by atoms with Crippen molar-refractivity contribution in [3.05, 3.63) is 70.6 Å². The zero-order chi connectivity index (χ0) is 17.9. The van der Waals surface area contributed by atoms with Crippen LogP contribution in [0, 0.1) is 36.0 Å². The molecule has 126 valence electrons. The van der Waals surface area contributed by atoms with E-state index >= 15 is 0 Å². The van der Waals surface area contributed by atoms with E-state index in [2.05, 4.69) is 0 Å². The highest BCUT2D eigenvalue weighted by atomic mass is 19.2. The number of hydrazine groups is 1. The number of aryl methyl sites for hydroxylation is 1. The van der Waals surface area contributed by atoms with E-state index in [9.17, 15) is 26.7 Å². The van der Waals surface area contributed by atoms with Crippen molar-refractivity contribution in [2.24, 2.45) is 0 Å². The molecule has 0 aliphatic carbocycles. The number of halogens is 5. The number of anilines is 1. The van der Waals surface area contributed by atoms with Crippen LogP contribution < -0.4 is 10.9 Å². The minimum atomic E-state index is -2.28. The Bertz CT molecular complexity index is 791. The Morgan fingerprint density at radius 2 is 1.46 bits per heavy atom. The first-order valence-corrected chi connectivity index (χ1v) is 6.64. The van der Waals surface area contributed by atoms with E-state index in [-0.39, 0.29) is 0 Å². The van der Waals surface area contributed by atoms with Gasteiger partial charge in [0.1, 0.15) is 5.69 Å². The molecule has 0 spiro atoms. The predicted molar refractivity (Wildman–Crippen MR) is 78.2 cm³/mol. The molecule has 1 amide bonds. The third kappa shape index (κ3) is 3.53. The lowest BCUT2D eigenvalue weighted by atomic mass is 10.1. The van der Waals surface area contributed by atoms with Gasteiger partial charge in [-0.05, 0) is 24.1 Å². The molecular weight excluding hydrogens is 331 g/mol. The average Bonchev–Trinajstić information content (AvgIpc) is 2.57. The van der Waals surface area contributed by atoms with Crippen molar-refractivity contribution >= 4 is 17.7 Å². The quantitative estimate of drug-likeness (QED) is 0.291. The number of carbonyl (C=O) groups excluding carboxylic acids is 1. The Labute approximate surface area is 133 Å². The van der Waals surface area contributed by atoms with Gasteiger partial charge in [0, 0.05) is 6.08 Å². The van der Waals surface area contributed by atoms with Crippen LogP contribution in [0.3, 0.4) is 0 Å². The van der Waals surface area contributed by atoms with Crippen molar-refractivity contribution in [1.29, 1.82) is 0 Å². The maximum atomic E-state index is 13.4.